The van der Waals surface area contributed by atoms with Gasteiger partial charge in [0.15, 0.2) is 29.8 Å². The summed E-state index contributed by atoms with van der Waals surface area (Å²) in [6, 6.07) is 4.50. The van der Waals surface area contributed by atoms with Gasteiger partial charge < -0.3 is 25.6 Å². The fraction of sp³-hybridized carbons (Fsp3) is 0.429. The SMILES string of the molecule is C[C@@H](COc1ccc(-c2cn(CCCN)[n+](C)c2)c(F)c1)O/N=C(\C(=O)C[C@@H]1C(=O)N(OS(=O)(=O)[O-])C1(C)C)c1csc(N)n1.O=C=O. The van der Waals surface area contributed by atoms with Crippen LogP contribution >= 0.6 is 11.3 Å². The Kier molecular flexibility index (Phi) is 12.6. The van der Waals surface area contributed by atoms with Crippen molar-refractivity contribution in [3.63, 3.8) is 0 Å². The van der Waals surface area contributed by atoms with E-state index in [2.05, 4.69) is 14.4 Å². The highest BCUT2D eigenvalue weighted by molar-refractivity contribution is 7.80. The third-order valence-electron chi connectivity index (χ3n) is 7.13. The summed E-state index contributed by atoms with van der Waals surface area (Å²) in [6.45, 7) is 5.70. The summed E-state index contributed by atoms with van der Waals surface area (Å²) in [5.41, 5.74) is 11.0. The molecule has 1 fully saturated rings. The third kappa shape index (κ3) is 9.49. The first-order valence-electron chi connectivity index (χ1n) is 14.2. The highest BCUT2D eigenvalue weighted by atomic mass is 32.3. The van der Waals surface area contributed by atoms with Crippen LogP contribution in [0.5, 0.6) is 5.75 Å². The summed E-state index contributed by atoms with van der Waals surface area (Å²) in [7, 11) is -3.33. The lowest BCUT2D eigenvalue weighted by molar-refractivity contribution is -0.753. The fourth-order valence-electron chi connectivity index (χ4n) is 4.66. The fourth-order valence-corrected chi connectivity index (χ4v) is 5.66. The minimum Gasteiger partial charge on any atom is -0.724 e. The topological polar surface area (TPSA) is 243 Å². The molecule has 2 atom stereocenters. The normalized spacial score (nSPS) is 16.3. The molecule has 0 unspecified atom stereocenters. The summed E-state index contributed by atoms with van der Waals surface area (Å²) in [6.07, 6.45) is 3.59. The molecule has 1 aliphatic heterocycles. The zero-order valence-electron chi connectivity index (χ0n) is 26.3. The zero-order valence-corrected chi connectivity index (χ0v) is 28.0. The lowest BCUT2D eigenvalue weighted by Crippen LogP contribution is -2.68. The molecule has 0 radical (unpaired) electrons. The first-order valence-corrected chi connectivity index (χ1v) is 16.4. The Bertz CT molecular complexity index is 1800. The summed E-state index contributed by atoms with van der Waals surface area (Å²) in [4.78, 5) is 51.6. The summed E-state index contributed by atoms with van der Waals surface area (Å²) < 4.78 is 61.7. The molecule has 0 bridgehead atoms. The Morgan fingerprint density at radius 1 is 1.33 bits per heavy atom. The molecule has 1 aromatic carbocycles. The Hall–Kier alpha value is -4.59. The van der Waals surface area contributed by atoms with Crippen LogP contribution in [0.15, 0.2) is 41.1 Å². The molecule has 4 rings (SSSR count). The number of benzene rings is 1. The Morgan fingerprint density at radius 2 is 2.02 bits per heavy atom. The van der Waals surface area contributed by atoms with E-state index in [4.69, 9.17) is 30.6 Å². The van der Waals surface area contributed by atoms with Gasteiger partial charge in [0.25, 0.3) is 5.91 Å². The number of hydroxylamine groups is 2. The van der Waals surface area contributed by atoms with Gasteiger partial charge >= 0.3 is 6.15 Å². The van der Waals surface area contributed by atoms with Gasteiger partial charge in [-0.2, -0.15) is 23.6 Å². The number of amides is 1. The number of Topliss-reactive ketones (excluding diaryl/α,β-unsaturated/α-hetero) is 1. The van der Waals surface area contributed by atoms with Crippen molar-refractivity contribution in [2.75, 3.05) is 18.9 Å². The Labute approximate surface area is 278 Å². The number of β-lactam (4-membered cyclic amide) rings is 1. The number of aryl methyl sites for hydroxylation is 2. The standard InChI is InChI=1S/C27H34FN7O8S2.CO2/c1-16(14-41-18-6-7-19(21(28)10-18)17-12-33(4)34(13-17)9-5-8-29)42-32-24(22-15-44-26(30)31-22)23(36)11-20-25(37)35(27(20,2)3)43-45(38,39)40;2-1-3/h6-7,10,12-13,15-16,20H,5,8-9,11,14,29H2,1-4H3,(H2-,30,31,38,39,40);/b32-24-;/t16-,20+;/m0./s1. The van der Waals surface area contributed by atoms with E-state index >= 15 is 4.39 Å². The van der Waals surface area contributed by atoms with Crippen LogP contribution in [0.3, 0.4) is 0 Å². The van der Waals surface area contributed by atoms with Gasteiger partial charge in [-0.1, -0.05) is 5.16 Å². The van der Waals surface area contributed by atoms with Gasteiger partial charge in [0.1, 0.15) is 23.9 Å². The van der Waals surface area contributed by atoms with Crippen LogP contribution in [-0.2, 0) is 52.3 Å². The number of nitrogens with zero attached hydrogens (tertiary/aromatic N) is 5. The predicted molar refractivity (Wildman–Crippen MR) is 164 cm³/mol. The first-order chi connectivity index (χ1) is 22.5. The number of hydrogen-bond donors (Lipinski definition) is 2. The van der Waals surface area contributed by atoms with Crippen LogP contribution in [0.2, 0.25) is 0 Å². The van der Waals surface area contributed by atoms with Gasteiger partial charge in [-0.25, -0.2) is 17.8 Å². The minimum atomic E-state index is -5.20. The average Bonchev–Trinajstić information content (AvgIpc) is 3.61. The molecule has 1 amide bonds. The van der Waals surface area contributed by atoms with Crippen molar-refractivity contribution in [2.45, 2.75) is 51.8 Å². The smallest absolute Gasteiger partial charge is 0.373 e. The number of hydrogen-bond acceptors (Lipinski definition) is 15. The molecular formula is C28H34FN7O10S2. The molecule has 3 aromatic rings. The van der Waals surface area contributed by atoms with E-state index in [1.54, 1.807) is 19.1 Å². The first kappa shape index (κ1) is 37.9. The van der Waals surface area contributed by atoms with Crippen LogP contribution < -0.4 is 20.9 Å². The van der Waals surface area contributed by atoms with Crippen molar-refractivity contribution in [3.05, 3.63) is 47.5 Å². The molecule has 1 saturated heterocycles. The molecule has 260 valence electrons. The number of ketones is 1. The number of ether oxygens (including phenoxy) is 1. The van der Waals surface area contributed by atoms with Crippen LogP contribution in [0.4, 0.5) is 9.52 Å². The van der Waals surface area contributed by atoms with Crippen LogP contribution in [0, 0.1) is 11.7 Å². The molecule has 17 nitrogen and oxygen atoms in total. The number of carbonyl (C=O) groups excluding carboxylic acids is 4. The van der Waals surface area contributed by atoms with Gasteiger partial charge in [-0.05, 0) is 45.9 Å². The van der Waals surface area contributed by atoms with E-state index in [0.717, 1.165) is 17.8 Å². The van der Waals surface area contributed by atoms with Crippen molar-refractivity contribution in [1.29, 1.82) is 0 Å². The van der Waals surface area contributed by atoms with Crippen molar-refractivity contribution in [1.82, 2.24) is 14.7 Å². The molecule has 0 saturated carbocycles. The van der Waals surface area contributed by atoms with E-state index in [-0.39, 0.29) is 35.0 Å². The molecule has 20 heteroatoms. The number of oxime groups is 1. The zero-order chi connectivity index (χ0) is 35.8. The van der Waals surface area contributed by atoms with Crippen LogP contribution in [0.1, 0.15) is 39.3 Å². The Balaban J connectivity index is 0.00000201. The Morgan fingerprint density at radius 3 is 2.58 bits per heavy atom. The lowest BCUT2D eigenvalue weighted by atomic mass is 9.74. The number of anilines is 1. The maximum atomic E-state index is 15.0. The van der Waals surface area contributed by atoms with Crippen molar-refractivity contribution >= 4 is 50.4 Å². The maximum Gasteiger partial charge on any atom is 0.373 e. The second-order valence-corrected chi connectivity index (χ2v) is 12.9. The average molecular weight is 712 g/mol. The monoisotopic (exact) mass is 711 g/mol. The molecule has 48 heavy (non-hydrogen) atoms. The number of thiazole rings is 1. The largest absolute Gasteiger partial charge is 0.724 e. The van der Waals surface area contributed by atoms with Crippen LogP contribution in [-0.4, -0.2) is 76.0 Å². The van der Waals surface area contributed by atoms with Crippen LogP contribution in [0.25, 0.3) is 11.1 Å². The molecule has 3 heterocycles. The summed E-state index contributed by atoms with van der Waals surface area (Å²) >= 11 is 1.06. The molecule has 1 aliphatic rings. The maximum absolute atomic E-state index is 15.0. The molecule has 0 aliphatic carbocycles. The third-order valence-corrected chi connectivity index (χ3v) is 8.13. The van der Waals surface area contributed by atoms with E-state index in [1.807, 2.05) is 28.8 Å². The number of carbonyl (C=O) groups is 2. The van der Waals surface area contributed by atoms with Crippen molar-refractivity contribution in [2.24, 2.45) is 23.9 Å². The second kappa shape index (κ2) is 16.0. The highest BCUT2D eigenvalue weighted by Crippen LogP contribution is 2.40. The molecule has 2 aromatic heterocycles. The number of nitrogen functional groups attached to an aromatic ring is 1. The van der Waals surface area contributed by atoms with E-state index in [9.17, 15) is 22.6 Å². The second-order valence-electron chi connectivity index (χ2n) is 11.0. The lowest BCUT2D eigenvalue weighted by Gasteiger charge is -2.51. The van der Waals surface area contributed by atoms with E-state index < -0.39 is 51.9 Å². The number of nitrogens with two attached hydrogens (primary N) is 2. The molecule has 0 spiro atoms. The van der Waals surface area contributed by atoms with Gasteiger partial charge in [-0.15, -0.1) is 16.0 Å². The summed E-state index contributed by atoms with van der Waals surface area (Å²) in [5.74, 6) is -2.74. The van der Waals surface area contributed by atoms with E-state index in [0.29, 0.717) is 29.3 Å². The minimum absolute atomic E-state index is 0.0580. The number of halogens is 1. The number of rotatable bonds is 15. The van der Waals surface area contributed by atoms with Gasteiger partial charge in [0.2, 0.25) is 16.6 Å². The van der Waals surface area contributed by atoms with Gasteiger partial charge in [0.05, 0.1) is 29.8 Å². The highest BCUT2D eigenvalue weighted by Gasteiger charge is 2.57. The molecular weight excluding hydrogens is 677 g/mol. The van der Waals surface area contributed by atoms with Gasteiger partial charge in [0, 0.05) is 23.4 Å². The molecule has 4 N–H and O–H groups in total. The quantitative estimate of drug-likeness (QED) is 0.0551. The predicted octanol–water partition coefficient (Wildman–Crippen LogP) is 0.699. The van der Waals surface area contributed by atoms with Gasteiger partial charge in [-0.3, -0.25) is 9.59 Å². The summed E-state index contributed by atoms with van der Waals surface area (Å²) in [5, 5.41) is 6.05. The van der Waals surface area contributed by atoms with Crippen molar-refractivity contribution in [3.8, 4) is 16.9 Å². The number of aromatic nitrogens is 3. The van der Waals surface area contributed by atoms with Crippen molar-refractivity contribution < 1.29 is 55.1 Å². The van der Waals surface area contributed by atoms with E-state index in [1.165, 1.54) is 25.3 Å².